The number of thioether (sulfide) groups is 1. The lowest BCUT2D eigenvalue weighted by Crippen LogP contribution is -2.38. The first-order valence-corrected chi connectivity index (χ1v) is 8.30. The molecule has 6 heteroatoms. The average molecular weight is 299 g/mol. The number of rotatable bonds is 8. The molecule has 0 aromatic carbocycles. The number of hydrogen-bond acceptors (Lipinski definition) is 4. The van der Waals surface area contributed by atoms with Crippen molar-refractivity contribution in [3.63, 3.8) is 0 Å². The van der Waals surface area contributed by atoms with Gasteiger partial charge in [0.15, 0.2) is 0 Å². The molecule has 1 heterocycles. The van der Waals surface area contributed by atoms with Crippen molar-refractivity contribution in [3.05, 3.63) is 17.5 Å². The van der Waals surface area contributed by atoms with E-state index >= 15 is 0 Å². The van der Waals surface area contributed by atoms with Crippen LogP contribution < -0.4 is 5.32 Å². The summed E-state index contributed by atoms with van der Waals surface area (Å²) in [6, 6.07) is 1.64. The Morgan fingerprint density at radius 3 is 2.80 bits per heavy atom. The number of hydrogen-bond donors (Lipinski definition) is 2. The van der Waals surface area contributed by atoms with Crippen LogP contribution in [0.5, 0.6) is 0 Å². The van der Waals surface area contributed by atoms with E-state index in [1.165, 1.54) is 0 Å². The molecule has 1 aromatic heterocycles. The molecule has 0 aliphatic heterocycles. The third-order valence-electron chi connectivity index (χ3n) is 3.01. The molecule has 5 nitrogen and oxygen atoms in total. The predicted octanol–water partition coefficient (Wildman–Crippen LogP) is 1.46. The van der Waals surface area contributed by atoms with Gasteiger partial charge in [0.25, 0.3) is 5.91 Å². The summed E-state index contributed by atoms with van der Waals surface area (Å²) in [6.07, 6.45) is 3.63. The Bertz CT molecular complexity index is 432. The van der Waals surface area contributed by atoms with Crippen molar-refractivity contribution in [1.29, 1.82) is 0 Å². The first-order chi connectivity index (χ1) is 9.47. The number of aromatic nitrogens is 2. The van der Waals surface area contributed by atoms with Gasteiger partial charge >= 0.3 is 0 Å². The number of nitrogens with zero attached hydrogens (tertiary/aromatic N) is 2. The SMILES string of the molecule is CSCC[C@H](CO)NC(=O)c1cc(CC(C)C)nn1C. The predicted molar refractivity (Wildman–Crippen MR) is 83.1 cm³/mol. The Balaban J connectivity index is 2.68. The molecule has 1 atom stereocenters. The summed E-state index contributed by atoms with van der Waals surface area (Å²) in [4.78, 5) is 12.2. The maximum Gasteiger partial charge on any atom is 0.269 e. The zero-order valence-corrected chi connectivity index (χ0v) is 13.5. The Morgan fingerprint density at radius 1 is 1.55 bits per heavy atom. The Kier molecular flexibility index (Phi) is 7.09. The molecule has 0 aliphatic carbocycles. The van der Waals surface area contributed by atoms with Gasteiger partial charge in [-0.15, -0.1) is 0 Å². The number of aryl methyl sites for hydroxylation is 1. The van der Waals surface area contributed by atoms with Crippen molar-refractivity contribution < 1.29 is 9.90 Å². The minimum Gasteiger partial charge on any atom is -0.394 e. The van der Waals surface area contributed by atoms with Crippen molar-refractivity contribution >= 4 is 17.7 Å². The van der Waals surface area contributed by atoms with E-state index in [9.17, 15) is 9.90 Å². The minimum absolute atomic E-state index is 0.0387. The molecule has 0 aliphatic rings. The van der Waals surface area contributed by atoms with E-state index in [1.807, 2.05) is 12.3 Å². The molecular formula is C14H25N3O2S. The van der Waals surface area contributed by atoms with Crippen LogP contribution in [0.15, 0.2) is 6.07 Å². The molecule has 20 heavy (non-hydrogen) atoms. The molecule has 0 saturated heterocycles. The molecule has 0 fully saturated rings. The highest BCUT2D eigenvalue weighted by atomic mass is 32.2. The third-order valence-corrected chi connectivity index (χ3v) is 3.65. The van der Waals surface area contributed by atoms with Gasteiger partial charge in [0.05, 0.1) is 18.3 Å². The summed E-state index contributed by atoms with van der Waals surface area (Å²) in [6.45, 7) is 4.21. The standard InChI is InChI=1S/C14H25N3O2S/c1-10(2)7-12-8-13(17(3)16-12)14(19)15-11(9-18)5-6-20-4/h8,10-11,18H,5-7,9H2,1-4H3,(H,15,19)/t11-/m1/s1. The Morgan fingerprint density at radius 2 is 2.25 bits per heavy atom. The van der Waals surface area contributed by atoms with Crippen LogP contribution in [0.3, 0.4) is 0 Å². The highest BCUT2D eigenvalue weighted by Crippen LogP contribution is 2.09. The number of carbonyl (C=O) groups excluding carboxylic acids is 1. The van der Waals surface area contributed by atoms with E-state index in [4.69, 9.17) is 0 Å². The fourth-order valence-corrected chi connectivity index (χ4v) is 2.51. The molecule has 0 bridgehead atoms. The average Bonchev–Trinajstić information content (AvgIpc) is 2.74. The summed E-state index contributed by atoms with van der Waals surface area (Å²) < 4.78 is 1.61. The smallest absolute Gasteiger partial charge is 0.269 e. The lowest BCUT2D eigenvalue weighted by Gasteiger charge is -2.15. The van der Waals surface area contributed by atoms with Crippen LogP contribution in [0.4, 0.5) is 0 Å². The van der Waals surface area contributed by atoms with Crippen LogP contribution in [-0.4, -0.2) is 45.5 Å². The number of carbonyl (C=O) groups is 1. The van der Waals surface area contributed by atoms with E-state index in [0.717, 1.165) is 24.3 Å². The molecule has 0 spiro atoms. The lowest BCUT2D eigenvalue weighted by molar-refractivity contribution is 0.0906. The van der Waals surface area contributed by atoms with Crippen molar-refractivity contribution in [2.24, 2.45) is 13.0 Å². The fourth-order valence-electron chi connectivity index (χ4n) is 1.99. The highest BCUT2D eigenvalue weighted by molar-refractivity contribution is 7.98. The van der Waals surface area contributed by atoms with Gasteiger partial charge in [0.2, 0.25) is 0 Å². The van der Waals surface area contributed by atoms with Crippen LogP contribution in [-0.2, 0) is 13.5 Å². The molecular weight excluding hydrogens is 274 g/mol. The normalized spacial score (nSPS) is 12.7. The van der Waals surface area contributed by atoms with E-state index in [0.29, 0.717) is 11.6 Å². The van der Waals surface area contributed by atoms with Crippen molar-refractivity contribution in [2.45, 2.75) is 32.7 Å². The largest absolute Gasteiger partial charge is 0.394 e. The minimum atomic E-state index is -0.196. The molecule has 1 aromatic rings. The number of aliphatic hydroxyl groups is 1. The van der Waals surface area contributed by atoms with Crippen LogP contribution in [0, 0.1) is 5.92 Å². The monoisotopic (exact) mass is 299 g/mol. The second kappa shape index (κ2) is 8.32. The van der Waals surface area contributed by atoms with Gasteiger partial charge in [0, 0.05) is 7.05 Å². The highest BCUT2D eigenvalue weighted by Gasteiger charge is 2.17. The summed E-state index contributed by atoms with van der Waals surface area (Å²) in [5.41, 5.74) is 1.47. The zero-order valence-electron chi connectivity index (χ0n) is 12.7. The van der Waals surface area contributed by atoms with Gasteiger partial charge < -0.3 is 10.4 Å². The summed E-state index contributed by atoms with van der Waals surface area (Å²) in [5.74, 6) is 1.25. The van der Waals surface area contributed by atoms with Crippen LogP contribution in [0.1, 0.15) is 36.5 Å². The molecule has 114 valence electrons. The van der Waals surface area contributed by atoms with E-state index in [-0.39, 0.29) is 18.6 Å². The van der Waals surface area contributed by atoms with Gasteiger partial charge in [-0.25, -0.2) is 0 Å². The van der Waals surface area contributed by atoms with Crippen molar-refractivity contribution in [3.8, 4) is 0 Å². The number of aliphatic hydroxyl groups excluding tert-OH is 1. The maximum absolute atomic E-state index is 12.2. The third kappa shape index (κ3) is 5.17. The second-order valence-corrected chi connectivity index (χ2v) is 6.36. The van der Waals surface area contributed by atoms with Crippen LogP contribution in [0.25, 0.3) is 0 Å². The van der Waals surface area contributed by atoms with E-state index < -0.39 is 0 Å². The number of amides is 1. The van der Waals surface area contributed by atoms with Crippen LogP contribution >= 0.6 is 11.8 Å². The molecule has 2 N–H and O–H groups in total. The van der Waals surface area contributed by atoms with E-state index in [2.05, 4.69) is 24.3 Å². The molecule has 0 unspecified atom stereocenters. The summed E-state index contributed by atoms with van der Waals surface area (Å²) in [7, 11) is 1.77. The first kappa shape index (κ1) is 17.0. The fraction of sp³-hybridized carbons (Fsp3) is 0.714. The molecule has 0 saturated carbocycles. The Hall–Kier alpha value is -1.01. The molecule has 0 radical (unpaired) electrons. The van der Waals surface area contributed by atoms with Crippen molar-refractivity contribution in [2.75, 3.05) is 18.6 Å². The van der Waals surface area contributed by atoms with Gasteiger partial charge in [0.1, 0.15) is 5.69 Å². The first-order valence-electron chi connectivity index (χ1n) is 6.91. The lowest BCUT2D eigenvalue weighted by atomic mass is 10.1. The second-order valence-electron chi connectivity index (χ2n) is 5.38. The Labute approximate surface area is 125 Å². The van der Waals surface area contributed by atoms with E-state index in [1.54, 1.807) is 23.5 Å². The van der Waals surface area contributed by atoms with Crippen LogP contribution in [0.2, 0.25) is 0 Å². The quantitative estimate of drug-likeness (QED) is 0.763. The van der Waals surface area contributed by atoms with Gasteiger partial charge in [-0.3, -0.25) is 9.48 Å². The maximum atomic E-state index is 12.2. The van der Waals surface area contributed by atoms with Crippen molar-refractivity contribution in [1.82, 2.24) is 15.1 Å². The van der Waals surface area contributed by atoms with Gasteiger partial charge in [-0.1, -0.05) is 13.8 Å². The summed E-state index contributed by atoms with van der Waals surface area (Å²) in [5, 5.41) is 16.5. The number of nitrogens with one attached hydrogen (secondary N) is 1. The summed E-state index contributed by atoms with van der Waals surface area (Å²) >= 11 is 1.70. The van der Waals surface area contributed by atoms with Gasteiger partial charge in [-0.05, 0) is 36.8 Å². The zero-order chi connectivity index (χ0) is 15.1. The van der Waals surface area contributed by atoms with Gasteiger partial charge in [-0.2, -0.15) is 16.9 Å². The molecule has 1 rings (SSSR count). The topological polar surface area (TPSA) is 67.2 Å². The molecule has 1 amide bonds.